The molecule has 1 saturated heterocycles. The first-order valence-electron chi connectivity index (χ1n) is 9.87. The van der Waals surface area contributed by atoms with E-state index in [1.807, 2.05) is 37.3 Å². The quantitative estimate of drug-likeness (QED) is 0.604. The van der Waals surface area contributed by atoms with Gasteiger partial charge in [0.15, 0.2) is 5.13 Å². The van der Waals surface area contributed by atoms with Crippen LogP contribution in [0, 0.1) is 23.7 Å². The molecule has 1 saturated carbocycles. The number of ether oxygens (including phenoxy) is 1. The van der Waals surface area contributed by atoms with Gasteiger partial charge < -0.3 is 10.1 Å². The first kappa shape index (κ1) is 18.3. The fourth-order valence-corrected chi connectivity index (χ4v) is 5.75. The van der Waals surface area contributed by atoms with E-state index >= 15 is 0 Å². The maximum Gasteiger partial charge on any atom is 0.249 e. The Morgan fingerprint density at radius 1 is 1.28 bits per heavy atom. The van der Waals surface area contributed by atoms with Crippen LogP contribution in [0.5, 0.6) is 5.75 Å². The standard InChI is InChI=1S/C21H21N3O4S/c1-3-28-13-6-7-14-15(9-13)29-21(22-14)23-18(25)10(2)24-19(26)16-11-4-5-12(8-11)17(16)20(24)27/h4-7,9-12,16-17H,3,8H2,1-2H3,(H,22,23,25). The third-order valence-corrected chi connectivity index (χ3v) is 7.11. The monoisotopic (exact) mass is 411 g/mol. The molecule has 1 aromatic carbocycles. The van der Waals surface area contributed by atoms with E-state index in [0.29, 0.717) is 11.7 Å². The second kappa shape index (κ2) is 6.66. The van der Waals surface area contributed by atoms with Gasteiger partial charge in [0.05, 0.1) is 28.7 Å². The van der Waals surface area contributed by atoms with E-state index in [2.05, 4.69) is 10.3 Å². The molecule has 1 N–H and O–H groups in total. The van der Waals surface area contributed by atoms with Crippen molar-refractivity contribution in [2.24, 2.45) is 23.7 Å². The van der Waals surface area contributed by atoms with Crippen molar-refractivity contribution in [2.75, 3.05) is 11.9 Å². The number of carbonyl (C=O) groups excluding carboxylic acids is 3. The minimum atomic E-state index is -0.869. The number of carbonyl (C=O) groups is 3. The average Bonchev–Trinajstić information content (AvgIpc) is 3.44. The van der Waals surface area contributed by atoms with E-state index in [9.17, 15) is 14.4 Å². The smallest absolute Gasteiger partial charge is 0.249 e. The molecule has 29 heavy (non-hydrogen) atoms. The number of hydrogen-bond acceptors (Lipinski definition) is 6. The number of hydrogen-bond donors (Lipinski definition) is 1. The van der Waals surface area contributed by atoms with Crippen molar-refractivity contribution in [2.45, 2.75) is 26.3 Å². The van der Waals surface area contributed by atoms with Gasteiger partial charge in [-0.15, -0.1) is 0 Å². The Morgan fingerprint density at radius 2 is 1.97 bits per heavy atom. The summed E-state index contributed by atoms with van der Waals surface area (Å²) in [6, 6.07) is 4.69. The van der Waals surface area contributed by atoms with Crippen LogP contribution < -0.4 is 10.1 Å². The molecule has 0 radical (unpaired) electrons. The van der Waals surface area contributed by atoms with Crippen molar-refractivity contribution < 1.29 is 19.1 Å². The first-order valence-corrected chi connectivity index (χ1v) is 10.7. The summed E-state index contributed by atoms with van der Waals surface area (Å²) in [5.74, 6) is -0.431. The number of aromatic nitrogens is 1. The number of benzene rings is 1. The second-order valence-corrected chi connectivity index (χ2v) is 8.82. The van der Waals surface area contributed by atoms with Gasteiger partial charge in [-0.1, -0.05) is 23.5 Å². The van der Waals surface area contributed by atoms with Gasteiger partial charge in [0.2, 0.25) is 17.7 Å². The zero-order valence-electron chi connectivity index (χ0n) is 16.1. The number of amides is 3. The Hall–Kier alpha value is -2.74. The Balaban J connectivity index is 1.33. The summed E-state index contributed by atoms with van der Waals surface area (Å²) in [4.78, 5) is 44.2. The van der Waals surface area contributed by atoms with Crippen LogP contribution in [0.3, 0.4) is 0 Å². The van der Waals surface area contributed by atoms with Crippen LogP contribution in [-0.4, -0.2) is 40.3 Å². The number of allylic oxidation sites excluding steroid dienone is 2. The largest absolute Gasteiger partial charge is 0.494 e. The lowest BCUT2D eigenvalue weighted by molar-refractivity contribution is -0.146. The highest BCUT2D eigenvalue weighted by molar-refractivity contribution is 7.22. The SMILES string of the molecule is CCOc1ccc2nc(NC(=O)C(C)N3C(=O)C4C5C=CC(C5)C4C3=O)sc2c1. The minimum absolute atomic E-state index is 0.130. The van der Waals surface area contributed by atoms with E-state index in [4.69, 9.17) is 4.74 Å². The molecule has 2 bridgehead atoms. The highest BCUT2D eigenvalue weighted by Gasteiger charge is 2.60. The molecule has 5 rings (SSSR count). The number of thiazole rings is 1. The van der Waals surface area contributed by atoms with Crippen LogP contribution in [0.4, 0.5) is 5.13 Å². The Morgan fingerprint density at radius 3 is 2.62 bits per heavy atom. The van der Waals surface area contributed by atoms with E-state index in [1.165, 1.54) is 11.3 Å². The summed E-state index contributed by atoms with van der Waals surface area (Å²) in [7, 11) is 0. The molecule has 2 aromatic rings. The van der Waals surface area contributed by atoms with Gasteiger partial charge in [0.1, 0.15) is 11.8 Å². The molecule has 5 unspecified atom stereocenters. The molecule has 1 aliphatic heterocycles. The van der Waals surface area contributed by atoms with Crippen molar-refractivity contribution in [3.8, 4) is 5.75 Å². The molecule has 2 aliphatic carbocycles. The lowest BCUT2D eigenvalue weighted by Crippen LogP contribution is -2.46. The van der Waals surface area contributed by atoms with E-state index in [-0.39, 0.29) is 35.5 Å². The van der Waals surface area contributed by atoms with Crippen molar-refractivity contribution >= 4 is 44.4 Å². The second-order valence-electron chi connectivity index (χ2n) is 7.79. The normalized spacial score (nSPS) is 28.3. The van der Waals surface area contributed by atoms with Crippen LogP contribution in [0.15, 0.2) is 30.4 Å². The number of nitrogens with zero attached hydrogens (tertiary/aromatic N) is 2. The van der Waals surface area contributed by atoms with Gasteiger partial charge in [-0.05, 0) is 50.3 Å². The summed E-state index contributed by atoms with van der Waals surface area (Å²) >= 11 is 1.33. The zero-order valence-corrected chi connectivity index (χ0v) is 16.9. The fraction of sp³-hybridized carbons (Fsp3) is 0.429. The molecule has 7 nitrogen and oxygen atoms in total. The number of imide groups is 1. The van der Waals surface area contributed by atoms with Crippen LogP contribution in [-0.2, 0) is 14.4 Å². The van der Waals surface area contributed by atoms with Crippen LogP contribution in [0.25, 0.3) is 10.2 Å². The number of nitrogens with one attached hydrogen (secondary N) is 1. The number of rotatable bonds is 5. The third kappa shape index (κ3) is 2.77. The van der Waals surface area contributed by atoms with E-state index in [1.54, 1.807) is 6.92 Å². The Bertz CT molecular complexity index is 1030. The maximum atomic E-state index is 12.9. The molecule has 5 atom stereocenters. The fourth-order valence-electron chi connectivity index (χ4n) is 4.85. The molecule has 3 aliphatic rings. The van der Waals surface area contributed by atoms with Gasteiger partial charge in [-0.3, -0.25) is 19.3 Å². The van der Waals surface area contributed by atoms with Crippen molar-refractivity contribution in [3.63, 3.8) is 0 Å². The van der Waals surface area contributed by atoms with Gasteiger partial charge in [0, 0.05) is 0 Å². The molecule has 1 aromatic heterocycles. The topological polar surface area (TPSA) is 88.6 Å². The van der Waals surface area contributed by atoms with E-state index < -0.39 is 11.9 Å². The van der Waals surface area contributed by atoms with Gasteiger partial charge >= 0.3 is 0 Å². The highest BCUT2D eigenvalue weighted by Crippen LogP contribution is 2.52. The van der Waals surface area contributed by atoms with E-state index in [0.717, 1.165) is 27.3 Å². The van der Waals surface area contributed by atoms with Gasteiger partial charge in [-0.2, -0.15) is 0 Å². The highest BCUT2D eigenvalue weighted by atomic mass is 32.1. The lowest BCUT2D eigenvalue weighted by Gasteiger charge is -2.23. The average molecular weight is 411 g/mol. The summed E-state index contributed by atoms with van der Waals surface area (Å²) < 4.78 is 6.39. The molecule has 3 amide bonds. The lowest BCUT2D eigenvalue weighted by atomic mass is 9.85. The predicted molar refractivity (Wildman–Crippen MR) is 108 cm³/mol. The Kier molecular flexibility index (Phi) is 4.20. The third-order valence-electron chi connectivity index (χ3n) is 6.17. The molecule has 150 valence electrons. The summed E-state index contributed by atoms with van der Waals surface area (Å²) in [6.45, 7) is 4.09. The number of anilines is 1. The van der Waals surface area contributed by atoms with Crippen LogP contribution >= 0.6 is 11.3 Å². The predicted octanol–water partition coefficient (Wildman–Crippen LogP) is 2.83. The summed E-state index contributed by atoms with van der Waals surface area (Å²) in [5.41, 5.74) is 0.756. The van der Waals surface area contributed by atoms with Crippen molar-refractivity contribution in [3.05, 3.63) is 30.4 Å². The maximum absolute atomic E-state index is 12.9. The van der Waals surface area contributed by atoms with Gasteiger partial charge in [0.25, 0.3) is 0 Å². The summed E-state index contributed by atoms with van der Waals surface area (Å²) in [5, 5.41) is 3.21. The molecule has 0 spiro atoms. The molecule has 8 heteroatoms. The summed E-state index contributed by atoms with van der Waals surface area (Å²) in [6.07, 6.45) is 4.96. The number of likely N-dealkylation sites (tertiary alicyclic amines) is 1. The molecule has 2 heterocycles. The molecule has 2 fully saturated rings. The molecular weight excluding hydrogens is 390 g/mol. The van der Waals surface area contributed by atoms with Crippen LogP contribution in [0.2, 0.25) is 0 Å². The van der Waals surface area contributed by atoms with Crippen LogP contribution in [0.1, 0.15) is 20.3 Å². The number of fused-ring (bicyclic) bond motifs is 6. The minimum Gasteiger partial charge on any atom is -0.494 e. The van der Waals surface area contributed by atoms with Crippen molar-refractivity contribution in [1.82, 2.24) is 9.88 Å². The van der Waals surface area contributed by atoms with Crippen molar-refractivity contribution in [1.29, 1.82) is 0 Å². The first-order chi connectivity index (χ1) is 14.0. The Labute approximate surface area is 171 Å². The van der Waals surface area contributed by atoms with Gasteiger partial charge in [-0.25, -0.2) is 4.98 Å². The molecular formula is C21H21N3O4S. The zero-order chi connectivity index (χ0) is 20.3.